The molecule has 0 fully saturated rings. The van der Waals surface area contributed by atoms with E-state index in [2.05, 4.69) is 11.4 Å². The van der Waals surface area contributed by atoms with Crippen LogP contribution in [-0.4, -0.2) is 27.8 Å². The topological polar surface area (TPSA) is 54.3 Å². The van der Waals surface area contributed by atoms with Crippen molar-refractivity contribution in [2.24, 2.45) is 0 Å². The van der Waals surface area contributed by atoms with Gasteiger partial charge < -0.3 is 14.8 Å². The van der Waals surface area contributed by atoms with Crippen molar-refractivity contribution in [1.82, 2.24) is 5.32 Å². The summed E-state index contributed by atoms with van der Waals surface area (Å²) in [7, 11) is 5.01. The van der Waals surface area contributed by atoms with E-state index in [0.717, 1.165) is 11.3 Å². The molecular formula is C12H16N2O2. The summed E-state index contributed by atoms with van der Waals surface area (Å²) in [6.45, 7) is 0.596. The monoisotopic (exact) mass is 220 g/mol. The Morgan fingerprint density at radius 2 is 2.12 bits per heavy atom. The Labute approximate surface area is 95.8 Å². The van der Waals surface area contributed by atoms with Crippen LogP contribution in [0.4, 0.5) is 0 Å². The summed E-state index contributed by atoms with van der Waals surface area (Å²) in [4.78, 5) is 0. The summed E-state index contributed by atoms with van der Waals surface area (Å²) in [6.07, 6.45) is 0. The van der Waals surface area contributed by atoms with Crippen LogP contribution in [0.2, 0.25) is 0 Å². The van der Waals surface area contributed by atoms with Crippen LogP contribution in [0.1, 0.15) is 11.5 Å². The molecule has 0 saturated heterocycles. The van der Waals surface area contributed by atoms with Crippen molar-refractivity contribution in [1.29, 1.82) is 5.26 Å². The maximum Gasteiger partial charge on any atom is 0.127 e. The molecule has 0 heterocycles. The van der Waals surface area contributed by atoms with Gasteiger partial charge in [0.2, 0.25) is 0 Å². The van der Waals surface area contributed by atoms with E-state index >= 15 is 0 Å². The van der Waals surface area contributed by atoms with Crippen molar-refractivity contribution in [3.63, 3.8) is 0 Å². The van der Waals surface area contributed by atoms with Gasteiger partial charge in [0.15, 0.2) is 0 Å². The lowest BCUT2D eigenvalue weighted by molar-refractivity contribution is 0.390. The molecule has 4 heteroatoms. The van der Waals surface area contributed by atoms with Gasteiger partial charge in [-0.2, -0.15) is 5.26 Å². The van der Waals surface area contributed by atoms with Gasteiger partial charge in [-0.25, -0.2) is 0 Å². The molecule has 1 rings (SSSR count). The van der Waals surface area contributed by atoms with Crippen molar-refractivity contribution in [2.45, 2.75) is 5.92 Å². The van der Waals surface area contributed by atoms with Crippen LogP contribution in [0.15, 0.2) is 18.2 Å². The first kappa shape index (κ1) is 12.3. The van der Waals surface area contributed by atoms with Crippen LogP contribution in [-0.2, 0) is 0 Å². The molecular weight excluding hydrogens is 204 g/mol. The first-order valence-electron chi connectivity index (χ1n) is 5.03. The molecule has 4 nitrogen and oxygen atoms in total. The number of likely N-dealkylation sites (N-methyl/N-ethyl adjacent to an activating group) is 1. The Morgan fingerprint density at radius 1 is 1.38 bits per heavy atom. The van der Waals surface area contributed by atoms with E-state index in [4.69, 9.17) is 14.7 Å². The number of nitriles is 1. The lowest BCUT2D eigenvalue weighted by Gasteiger charge is -2.14. The average Bonchev–Trinajstić information content (AvgIpc) is 2.35. The number of methoxy groups -OCH3 is 2. The predicted octanol–water partition coefficient (Wildman–Crippen LogP) is 1.53. The lowest BCUT2D eigenvalue weighted by atomic mass is 9.99. The van der Waals surface area contributed by atoms with E-state index in [1.807, 2.05) is 19.2 Å². The van der Waals surface area contributed by atoms with Gasteiger partial charge in [0.1, 0.15) is 11.5 Å². The van der Waals surface area contributed by atoms with Crippen LogP contribution >= 0.6 is 0 Å². The number of nitrogens with zero attached hydrogens (tertiary/aromatic N) is 1. The number of ether oxygens (including phenoxy) is 2. The Hall–Kier alpha value is -1.73. The zero-order chi connectivity index (χ0) is 12.0. The largest absolute Gasteiger partial charge is 0.497 e. The highest BCUT2D eigenvalue weighted by Gasteiger charge is 2.15. The summed E-state index contributed by atoms with van der Waals surface area (Å²) in [5.41, 5.74) is 0.875. The fourth-order valence-electron chi connectivity index (χ4n) is 1.54. The normalized spacial score (nSPS) is 11.6. The molecule has 0 aromatic heterocycles. The number of rotatable bonds is 5. The zero-order valence-corrected chi connectivity index (χ0v) is 9.78. The van der Waals surface area contributed by atoms with Crippen molar-refractivity contribution in [3.8, 4) is 17.6 Å². The minimum Gasteiger partial charge on any atom is -0.497 e. The maximum atomic E-state index is 9.08. The van der Waals surface area contributed by atoms with Gasteiger partial charge in [0, 0.05) is 18.2 Å². The van der Waals surface area contributed by atoms with Gasteiger partial charge in [-0.15, -0.1) is 0 Å². The van der Waals surface area contributed by atoms with E-state index in [1.165, 1.54) is 0 Å². The van der Waals surface area contributed by atoms with Gasteiger partial charge >= 0.3 is 0 Å². The number of hydrogen-bond donors (Lipinski definition) is 1. The quantitative estimate of drug-likeness (QED) is 0.817. The zero-order valence-electron chi connectivity index (χ0n) is 9.78. The highest BCUT2D eigenvalue weighted by molar-refractivity contribution is 5.44. The summed E-state index contributed by atoms with van der Waals surface area (Å²) in [5.74, 6) is 1.19. The SMILES string of the molecule is CNCC(C#N)c1ccc(OC)cc1OC. The van der Waals surface area contributed by atoms with Crippen LogP contribution in [0, 0.1) is 11.3 Å². The average molecular weight is 220 g/mol. The molecule has 0 spiro atoms. The molecule has 1 aromatic rings. The molecule has 0 aliphatic rings. The third-order valence-electron chi connectivity index (χ3n) is 2.38. The first-order chi connectivity index (χ1) is 7.76. The molecule has 0 aliphatic carbocycles. The molecule has 0 bridgehead atoms. The van der Waals surface area contributed by atoms with Crippen LogP contribution < -0.4 is 14.8 Å². The second-order valence-corrected chi connectivity index (χ2v) is 3.35. The van der Waals surface area contributed by atoms with Gasteiger partial charge in [0.25, 0.3) is 0 Å². The highest BCUT2D eigenvalue weighted by atomic mass is 16.5. The van der Waals surface area contributed by atoms with Crippen LogP contribution in [0.3, 0.4) is 0 Å². The van der Waals surface area contributed by atoms with Gasteiger partial charge in [-0.05, 0) is 13.1 Å². The molecule has 1 aromatic carbocycles. The summed E-state index contributed by atoms with van der Waals surface area (Å²) in [6, 6.07) is 7.73. The fraction of sp³-hybridized carbons (Fsp3) is 0.417. The molecule has 1 N–H and O–H groups in total. The molecule has 16 heavy (non-hydrogen) atoms. The minimum absolute atomic E-state index is 0.217. The van der Waals surface area contributed by atoms with E-state index in [-0.39, 0.29) is 5.92 Å². The van der Waals surface area contributed by atoms with E-state index in [0.29, 0.717) is 12.3 Å². The van der Waals surface area contributed by atoms with Crippen molar-refractivity contribution < 1.29 is 9.47 Å². The molecule has 0 amide bonds. The molecule has 0 saturated carbocycles. The van der Waals surface area contributed by atoms with E-state index in [1.54, 1.807) is 20.3 Å². The lowest BCUT2D eigenvalue weighted by Crippen LogP contribution is -2.16. The predicted molar refractivity (Wildman–Crippen MR) is 61.8 cm³/mol. The van der Waals surface area contributed by atoms with Gasteiger partial charge in [-0.3, -0.25) is 0 Å². The van der Waals surface area contributed by atoms with E-state index < -0.39 is 0 Å². The Morgan fingerprint density at radius 3 is 2.62 bits per heavy atom. The molecule has 0 aliphatic heterocycles. The number of nitrogens with one attached hydrogen (secondary N) is 1. The summed E-state index contributed by atoms with van der Waals surface area (Å²) < 4.78 is 10.4. The maximum absolute atomic E-state index is 9.08. The van der Waals surface area contributed by atoms with E-state index in [9.17, 15) is 0 Å². The van der Waals surface area contributed by atoms with Crippen molar-refractivity contribution in [2.75, 3.05) is 27.8 Å². The van der Waals surface area contributed by atoms with Crippen LogP contribution in [0.5, 0.6) is 11.5 Å². The minimum atomic E-state index is -0.217. The van der Waals surface area contributed by atoms with Crippen molar-refractivity contribution >= 4 is 0 Å². The number of hydrogen-bond acceptors (Lipinski definition) is 4. The summed E-state index contributed by atoms with van der Waals surface area (Å²) in [5, 5.41) is 12.1. The Bertz CT molecular complexity index is 385. The summed E-state index contributed by atoms with van der Waals surface area (Å²) >= 11 is 0. The second-order valence-electron chi connectivity index (χ2n) is 3.35. The van der Waals surface area contributed by atoms with Gasteiger partial charge in [-0.1, -0.05) is 6.07 Å². The molecule has 1 atom stereocenters. The molecule has 86 valence electrons. The molecule has 0 radical (unpaired) electrons. The smallest absolute Gasteiger partial charge is 0.127 e. The molecule has 1 unspecified atom stereocenters. The number of benzene rings is 1. The standard InChI is InChI=1S/C12H16N2O2/c1-14-8-9(7-13)11-5-4-10(15-2)6-12(11)16-3/h4-6,9,14H,8H2,1-3H3. The van der Waals surface area contributed by atoms with Crippen molar-refractivity contribution in [3.05, 3.63) is 23.8 Å². The Balaban J connectivity index is 3.07. The third-order valence-corrected chi connectivity index (χ3v) is 2.38. The first-order valence-corrected chi connectivity index (χ1v) is 5.03. The highest BCUT2D eigenvalue weighted by Crippen LogP contribution is 2.29. The second kappa shape index (κ2) is 5.99. The van der Waals surface area contributed by atoms with Gasteiger partial charge in [0.05, 0.1) is 26.2 Å². The third kappa shape index (κ3) is 2.65. The Kier molecular flexibility index (Phi) is 4.62. The van der Waals surface area contributed by atoms with Crippen LogP contribution in [0.25, 0.3) is 0 Å². The fourth-order valence-corrected chi connectivity index (χ4v) is 1.54.